The summed E-state index contributed by atoms with van der Waals surface area (Å²) in [6.45, 7) is 5.92. The van der Waals surface area contributed by atoms with Crippen molar-refractivity contribution in [1.29, 1.82) is 0 Å². The van der Waals surface area contributed by atoms with E-state index >= 15 is 0 Å². The van der Waals surface area contributed by atoms with Gasteiger partial charge in [-0.25, -0.2) is 4.79 Å². The first-order valence-electron chi connectivity index (χ1n) is 9.07. The number of rotatable bonds is 2. The van der Waals surface area contributed by atoms with Gasteiger partial charge in [0.15, 0.2) is 11.5 Å². The van der Waals surface area contributed by atoms with Gasteiger partial charge in [-0.3, -0.25) is 0 Å². The number of carbonyl (C=O) groups excluding carboxylic acids is 1. The van der Waals surface area contributed by atoms with Gasteiger partial charge in [-0.05, 0) is 36.8 Å². The zero-order valence-corrected chi connectivity index (χ0v) is 16.0. The first-order valence-corrected chi connectivity index (χ1v) is 9.44. The lowest BCUT2D eigenvalue weighted by molar-refractivity contribution is 0.171. The Labute approximate surface area is 163 Å². The molecule has 2 amide bonds. The van der Waals surface area contributed by atoms with Gasteiger partial charge in [0.05, 0.1) is 0 Å². The van der Waals surface area contributed by atoms with Gasteiger partial charge in [-0.15, -0.1) is 0 Å². The molecule has 0 atom stereocenters. The van der Waals surface area contributed by atoms with Gasteiger partial charge in [0.25, 0.3) is 0 Å². The summed E-state index contributed by atoms with van der Waals surface area (Å²) in [6.07, 6.45) is 0. The van der Waals surface area contributed by atoms with Crippen LogP contribution in [-0.2, 0) is 0 Å². The van der Waals surface area contributed by atoms with E-state index in [0.29, 0.717) is 43.5 Å². The Morgan fingerprint density at radius 1 is 1.00 bits per heavy atom. The number of fused-ring (bicyclic) bond motifs is 1. The molecule has 27 heavy (non-hydrogen) atoms. The highest BCUT2D eigenvalue weighted by Crippen LogP contribution is 2.32. The number of hydrogen-bond donors (Lipinski definition) is 1. The Hall–Kier alpha value is -2.60. The molecule has 2 heterocycles. The second-order valence-electron chi connectivity index (χ2n) is 6.70. The number of anilines is 2. The number of piperazine rings is 1. The van der Waals surface area contributed by atoms with Gasteiger partial charge in [-0.1, -0.05) is 17.7 Å². The van der Waals surface area contributed by atoms with E-state index in [0.717, 1.165) is 29.4 Å². The predicted octanol–water partition coefficient (Wildman–Crippen LogP) is 3.77. The highest BCUT2D eigenvalue weighted by Gasteiger charge is 2.22. The minimum atomic E-state index is -0.103. The third kappa shape index (κ3) is 3.90. The Balaban J connectivity index is 1.35. The number of amides is 2. The molecule has 1 fully saturated rings. The van der Waals surface area contributed by atoms with Gasteiger partial charge in [0.1, 0.15) is 13.2 Å². The SMILES string of the molecule is Cc1ccc(N2CCN(C(=O)Nc3ccc4c(c3)OCCO4)CC2)cc1Cl. The minimum absolute atomic E-state index is 0.103. The van der Waals surface area contributed by atoms with Crippen molar-refractivity contribution < 1.29 is 14.3 Å². The van der Waals surface area contributed by atoms with E-state index in [2.05, 4.69) is 16.3 Å². The van der Waals surface area contributed by atoms with Crippen molar-refractivity contribution >= 4 is 29.0 Å². The molecule has 1 saturated heterocycles. The fraction of sp³-hybridized carbons (Fsp3) is 0.350. The molecule has 1 N–H and O–H groups in total. The molecule has 0 radical (unpaired) electrons. The van der Waals surface area contributed by atoms with Crippen LogP contribution in [0.5, 0.6) is 11.5 Å². The fourth-order valence-corrected chi connectivity index (χ4v) is 3.44. The van der Waals surface area contributed by atoms with Crippen molar-refractivity contribution in [3.05, 3.63) is 47.0 Å². The molecule has 0 aromatic heterocycles. The zero-order chi connectivity index (χ0) is 18.8. The van der Waals surface area contributed by atoms with Crippen molar-refractivity contribution in [1.82, 2.24) is 4.90 Å². The average Bonchev–Trinajstić information content (AvgIpc) is 2.70. The van der Waals surface area contributed by atoms with Crippen LogP contribution in [0.4, 0.5) is 16.2 Å². The predicted molar refractivity (Wildman–Crippen MR) is 106 cm³/mol. The van der Waals surface area contributed by atoms with E-state index in [4.69, 9.17) is 21.1 Å². The molecule has 0 bridgehead atoms. The third-order valence-electron chi connectivity index (χ3n) is 4.88. The van der Waals surface area contributed by atoms with Crippen LogP contribution in [0.1, 0.15) is 5.56 Å². The first kappa shape index (κ1) is 17.8. The van der Waals surface area contributed by atoms with Crippen LogP contribution in [0.25, 0.3) is 0 Å². The number of halogens is 1. The van der Waals surface area contributed by atoms with Crippen molar-refractivity contribution in [2.45, 2.75) is 6.92 Å². The molecule has 0 saturated carbocycles. The van der Waals surface area contributed by atoms with E-state index in [9.17, 15) is 4.79 Å². The molecule has 2 aromatic carbocycles. The molecule has 142 valence electrons. The lowest BCUT2D eigenvalue weighted by atomic mass is 10.2. The smallest absolute Gasteiger partial charge is 0.321 e. The van der Waals surface area contributed by atoms with Crippen LogP contribution in [0, 0.1) is 6.92 Å². The van der Waals surface area contributed by atoms with Gasteiger partial charge >= 0.3 is 6.03 Å². The van der Waals surface area contributed by atoms with Crippen LogP contribution in [0.15, 0.2) is 36.4 Å². The monoisotopic (exact) mass is 387 g/mol. The molecule has 2 aliphatic rings. The summed E-state index contributed by atoms with van der Waals surface area (Å²) < 4.78 is 11.1. The zero-order valence-electron chi connectivity index (χ0n) is 15.2. The largest absolute Gasteiger partial charge is 0.486 e. The molecular formula is C20H22ClN3O3. The van der Waals surface area contributed by atoms with E-state index in [1.54, 1.807) is 6.07 Å². The summed E-state index contributed by atoms with van der Waals surface area (Å²) >= 11 is 6.23. The highest BCUT2D eigenvalue weighted by atomic mass is 35.5. The maximum atomic E-state index is 12.6. The van der Waals surface area contributed by atoms with Crippen LogP contribution in [0.2, 0.25) is 5.02 Å². The molecule has 0 unspecified atom stereocenters. The van der Waals surface area contributed by atoms with Crippen LogP contribution in [0.3, 0.4) is 0 Å². The number of benzene rings is 2. The number of hydrogen-bond acceptors (Lipinski definition) is 4. The number of carbonyl (C=O) groups is 1. The van der Waals surface area contributed by atoms with E-state index in [1.165, 1.54) is 0 Å². The lowest BCUT2D eigenvalue weighted by Gasteiger charge is -2.36. The Morgan fingerprint density at radius 2 is 1.74 bits per heavy atom. The summed E-state index contributed by atoms with van der Waals surface area (Å²) in [5.74, 6) is 1.38. The van der Waals surface area contributed by atoms with Gasteiger partial charge < -0.3 is 24.6 Å². The highest BCUT2D eigenvalue weighted by molar-refractivity contribution is 6.31. The lowest BCUT2D eigenvalue weighted by Crippen LogP contribution is -2.50. The van der Waals surface area contributed by atoms with Crippen LogP contribution >= 0.6 is 11.6 Å². The maximum absolute atomic E-state index is 12.6. The van der Waals surface area contributed by atoms with Gasteiger partial charge in [-0.2, -0.15) is 0 Å². The first-order chi connectivity index (χ1) is 13.1. The second-order valence-corrected chi connectivity index (χ2v) is 7.10. The van der Waals surface area contributed by atoms with Gasteiger partial charge in [0.2, 0.25) is 0 Å². The van der Waals surface area contributed by atoms with Crippen molar-refractivity contribution in [3.63, 3.8) is 0 Å². The molecule has 2 aromatic rings. The molecule has 7 heteroatoms. The molecule has 2 aliphatic heterocycles. The molecule has 6 nitrogen and oxygen atoms in total. The molecule has 4 rings (SSSR count). The summed E-state index contributed by atoms with van der Waals surface area (Å²) in [6, 6.07) is 11.4. The Bertz CT molecular complexity index is 850. The summed E-state index contributed by atoms with van der Waals surface area (Å²) in [5.41, 5.74) is 2.87. The van der Waals surface area contributed by atoms with Crippen LogP contribution in [-0.4, -0.2) is 50.3 Å². The Morgan fingerprint density at radius 3 is 2.48 bits per heavy atom. The standard InChI is InChI=1S/C20H22ClN3O3/c1-14-2-4-16(13-17(14)21)23-6-8-24(9-7-23)20(25)22-15-3-5-18-19(12-15)27-11-10-26-18/h2-5,12-13H,6-11H2,1H3,(H,22,25). The molecule has 0 spiro atoms. The van der Waals surface area contributed by atoms with Crippen molar-refractivity contribution in [2.75, 3.05) is 49.6 Å². The van der Waals surface area contributed by atoms with E-state index in [1.807, 2.05) is 36.1 Å². The average molecular weight is 388 g/mol. The normalized spacial score (nSPS) is 16.2. The number of urea groups is 1. The third-order valence-corrected chi connectivity index (χ3v) is 5.29. The topological polar surface area (TPSA) is 54.0 Å². The van der Waals surface area contributed by atoms with E-state index in [-0.39, 0.29) is 6.03 Å². The van der Waals surface area contributed by atoms with Gasteiger partial charge in [0, 0.05) is 48.6 Å². The summed E-state index contributed by atoms with van der Waals surface area (Å²) in [5, 5.41) is 3.71. The second kappa shape index (κ2) is 7.56. The summed E-state index contributed by atoms with van der Waals surface area (Å²) in [4.78, 5) is 16.7. The molecular weight excluding hydrogens is 366 g/mol. The Kier molecular flexibility index (Phi) is 4.99. The van der Waals surface area contributed by atoms with Crippen LogP contribution < -0.4 is 19.7 Å². The number of aryl methyl sites for hydroxylation is 1. The summed E-state index contributed by atoms with van der Waals surface area (Å²) in [7, 11) is 0. The minimum Gasteiger partial charge on any atom is -0.486 e. The van der Waals surface area contributed by atoms with Crippen molar-refractivity contribution in [3.8, 4) is 11.5 Å². The number of nitrogens with one attached hydrogen (secondary N) is 1. The fourth-order valence-electron chi connectivity index (χ4n) is 3.27. The number of nitrogens with zero attached hydrogens (tertiary/aromatic N) is 2. The molecule has 0 aliphatic carbocycles. The quantitative estimate of drug-likeness (QED) is 0.852. The van der Waals surface area contributed by atoms with E-state index < -0.39 is 0 Å². The number of ether oxygens (including phenoxy) is 2. The van der Waals surface area contributed by atoms with Crippen molar-refractivity contribution in [2.24, 2.45) is 0 Å². The maximum Gasteiger partial charge on any atom is 0.321 e.